The van der Waals surface area contributed by atoms with Crippen LogP contribution >= 0.6 is 0 Å². The van der Waals surface area contributed by atoms with Crippen molar-refractivity contribution >= 4 is 41.0 Å². The number of nitro benzene ring substituents is 1. The van der Waals surface area contributed by atoms with Crippen LogP contribution in [0.5, 0.6) is 0 Å². The number of anilines is 1. The summed E-state index contributed by atoms with van der Waals surface area (Å²) >= 11 is 0. The summed E-state index contributed by atoms with van der Waals surface area (Å²) in [5, 5.41) is 14.5. The Morgan fingerprint density at radius 1 is 1.11 bits per heavy atom. The summed E-state index contributed by atoms with van der Waals surface area (Å²) in [6.07, 6.45) is -0.271. The molecule has 13 nitrogen and oxygen atoms in total. The van der Waals surface area contributed by atoms with E-state index in [1.807, 2.05) is 0 Å². The smallest absolute Gasteiger partial charge is 0.337 e. The first-order valence-electron chi connectivity index (χ1n) is 10.2. The SMILES string of the molecule is COC(=O)c1ccc(NC(=O)COC(=O)[C@@H]2CC(=O)N(NC(=O)c3ccccc3[N+](=O)[O-])C2)cc1. The minimum Gasteiger partial charge on any atom is -0.465 e. The molecule has 1 saturated heterocycles. The van der Waals surface area contributed by atoms with Crippen molar-refractivity contribution in [3.05, 3.63) is 69.8 Å². The normalized spacial score (nSPS) is 14.7. The molecule has 0 aromatic heterocycles. The number of amides is 3. The molecule has 2 aromatic rings. The number of esters is 2. The highest BCUT2D eigenvalue weighted by Gasteiger charge is 2.37. The molecule has 1 aliphatic rings. The molecular formula is C22H20N4O9. The number of benzene rings is 2. The lowest BCUT2D eigenvalue weighted by Crippen LogP contribution is -2.43. The third-order valence-corrected chi connectivity index (χ3v) is 4.98. The molecule has 0 bridgehead atoms. The van der Waals surface area contributed by atoms with Crippen LogP contribution in [0.1, 0.15) is 27.1 Å². The van der Waals surface area contributed by atoms with Crippen molar-refractivity contribution in [2.75, 3.05) is 25.6 Å². The highest BCUT2D eigenvalue weighted by molar-refractivity contribution is 6.00. The average Bonchev–Trinajstić information content (AvgIpc) is 3.22. The molecule has 1 fully saturated rings. The van der Waals surface area contributed by atoms with Gasteiger partial charge in [0.15, 0.2) is 6.61 Å². The fourth-order valence-corrected chi connectivity index (χ4v) is 3.24. The number of hydrogen-bond donors (Lipinski definition) is 2. The molecule has 182 valence electrons. The van der Waals surface area contributed by atoms with E-state index >= 15 is 0 Å². The van der Waals surface area contributed by atoms with Crippen molar-refractivity contribution < 1.29 is 38.4 Å². The van der Waals surface area contributed by atoms with Crippen molar-refractivity contribution in [3.63, 3.8) is 0 Å². The summed E-state index contributed by atoms with van der Waals surface area (Å²) in [5.74, 6) is -4.41. The Balaban J connectivity index is 1.50. The quantitative estimate of drug-likeness (QED) is 0.315. The molecule has 1 aliphatic heterocycles. The Bertz CT molecular complexity index is 1180. The van der Waals surface area contributed by atoms with Gasteiger partial charge in [-0.1, -0.05) is 12.1 Å². The Labute approximate surface area is 198 Å². The average molecular weight is 484 g/mol. The van der Waals surface area contributed by atoms with E-state index in [1.165, 1.54) is 49.6 Å². The van der Waals surface area contributed by atoms with Crippen LogP contribution in [0.25, 0.3) is 0 Å². The predicted octanol–water partition coefficient (Wildman–Crippen LogP) is 1.06. The molecule has 0 spiro atoms. The topological polar surface area (TPSA) is 174 Å². The highest BCUT2D eigenvalue weighted by Crippen LogP contribution is 2.21. The maximum absolute atomic E-state index is 12.4. The number of carbonyl (C=O) groups excluding carboxylic acids is 5. The van der Waals surface area contributed by atoms with Crippen LogP contribution in [0.3, 0.4) is 0 Å². The maximum Gasteiger partial charge on any atom is 0.337 e. The molecular weight excluding hydrogens is 464 g/mol. The van der Waals surface area contributed by atoms with Crippen molar-refractivity contribution in [3.8, 4) is 0 Å². The maximum atomic E-state index is 12.4. The number of hydrazine groups is 1. The lowest BCUT2D eigenvalue weighted by Gasteiger charge is -2.17. The van der Waals surface area contributed by atoms with Gasteiger partial charge in [0.25, 0.3) is 17.5 Å². The van der Waals surface area contributed by atoms with Crippen molar-refractivity contribution in [2.24, 2.45) is 5.92 Å². The first-order valence-corrected chi connectivity index (χ1v) is 10.2. The van der Waals surface area contributed by atoms with Gasteiger partial charge >= 0.3 is 11.9 Å². The van der Waals surface area contributed by atoms with Gasteiger partial charge in [-0.25, -0.2) is 4.79 Å². The standard InChI is InChI=1S/C22H20N4O9/c1-34-21(30)13-6-8-15(9-7-13)23-18(27)12-35-22(31)14-10-19(28)25(11-14)24-20(29)16-4-2-3-5-17(16)26(32)33/h2-9,14H,10-12H2,1H3,(H,23,27)(H,24,29)/t14-/m1/s1. The van der Waals surface area contributed by atoms with E-state index in [-0.39, 0.29) is 18.5 Å². The van der Waals surface area contributed by atoms with Crippen LogP contribution in [0.4, 0.5) is 11.4 Å². The van der Waals surface area contributed by atoms with Gasteiger partial charge in [-0.3, -0.25) is 39.7 Å². The fourth-order valence-electron chi connectivity index (χ4n) is 3.24. The number of rotatable bonds is 8. The van der Waals surface area contributed by atoms with Gasteiger partial charge in [0.2, 0.25) is 5.91 Å². The summed E-state index contributed by atoms with van der Waals surface area (Å²) in [7, 11) is 1.24. The number of nitrogens with zero attached hydrogens (tertiary/aromatic N) is 2. The number of hydrogen-bond acceptors (Lipinski definition) is 9. The van der Waals surface area contributed by atoms with Gasteiger partial charge < -0.3 is 14.8 Å². The van der Waals surface area contributed by atoms with E-state index < -0.39 is 52.8 Å². The molecule has 0 aliphatic carbocycles. The second-order valence-corrected chi connectivity index (χ2v) is 7.35. The van der Waals surface area contributed by atoms with Crippen LogP contribution in [-0.4, -0.2) is 59.9 Å². The van der Waals surface area contributed by atoms with E-state index in [9.17, 15) is 34.1 Å². The van der Waals surface area contributed by atoms with Crippen LogP contribution in [0, 0.1) is 16.0 Å². The zero-order valence-corrected chi connectivity index (χ0v) is 18.4. The van der Waals surface area contributed by atoms with Gasteiger partial charge in [0.1, 0.15) is 5.56 Å². The lowest BCUT2D eigenvalue weighted by atomic mass is 10.1. The molecule has 3 amide bonds. The first-order chi connectivity index (χ1) is 16.7. The van der Waals surface area contributed by atoms with Crippen molar-refractivity contribution in [2.45, 2.75) is 6.42 Å². The van der Waals surface area contributed by atoms with Crippen LogP contribution < -0.4 is 10.7 Å². The molecule has 1 heterocycles. The van der Waals surface area contributed by atoms with Gasteiger partial charge in [-0.2, -0.15) is 0 Å². The summed E-state index contributed by atoms with van der Waals surface area (Å²) in [5.41, 5.74) is 2.24. The Morgan fingerprint density at radius 3 is 2.46 bits per heavy atom. The lowest BCUT2D eigenvalue weighted by molar-refractivity contribution is -0.385. The summed E-state index contributed by atoms with van der Waals surface area (Å²) in [6.45, 7) is -0.842. The van der Waals surface area contributed by atoms with E-state index in [1.54, 1.807) is 0 Å². The Morgan fingerprint density at radius 2 is 1.80 bits per heavy atom. The van der Waals surface area contributed by atoms with Crippen molar-refractivity contribution in [1.82, 2.24) is 10.4 Å². The third kappa shape index (κ3) is 6.16. The minimum atomic E-state index is -0.944. The summed E-state index contributed by atoms with van der Waals surface area (Å²) in [6, 6.07) is 11.1. The number of nitro groups is 1. The third-order valence-electron chi connectivity index (χ3n) is 4.98. The summed E-state index contributed by atoms with van der Waals surface area (Å²) < 4.78 is 9.55. The second kappa shape index (κ2) is 10.9. The Kier molecular flexibility index (Phi) is 7.71. The molecule has 1 atom stereocenters. The second-order valence-electron chi connectivity index (χ2n) is 7.35. The molecule has 3 rings (SSSR count). The summed E-state index contributed by atoms with van der Waals surface area (Å²) in [4.78, 5) is 70.8. The van der Waals surface area contributed by atoms with E-state index in [0.29, 0.717) is 11.3 Å². The molecule has 13 heteroatoms. The van der Waals surface area contributed by atoms with E-state index in [2.05, 4.69) is 15.5 Å². The fraction of sp³-hybridized carbons (Fsp3) is 0.227. The zero-order valence-electron chi connectivity index (χ0n) is 18.4. The molecule has 0 unspecified atom stereocenters. The number of carbonyl (C=O) groups is 5. The van der Waals surface area contributed by atoms with Gasteiger partial charge in [-0.15, -0.1) is 0 Å². The molecule has 35 heavy (non-hydrogen) atoms. The number of methoxy groups -OCH3 is 1. The highest BCUT2D eigenvalue weighted by atomic mass is 16.6. The van der Waals surface area contributed by atoms with E-state index in [4.69, 9.17) is 4.74 Å². The van der Waals surface area contributed by atoms with Gasteiger partial charge in [0.05, 0.1) is 30.1 Å². The van der Waals surface area contributed by atoms with E-state index in [0.717, 1.165) is 11.1 Å². The molecule has 0 saturated carbocycles. The number of ether oxygens (including phenoxy) is 2. The van der Waals surface area contributed by atoms with Crippen LogP contribution in [0.15, 0.2) is 48.5 Å². The zero-order chi connectivity index (χ0) is 25.5. The molecule has 2 N–H and O–H groups in total. The Hall–Kier alpha value is -4.81. The van der Waals surface area contributed by atoms with Gasteiger partial charge in [-0.05, 0) is 30.3 Å². The monoisotopic (exact) mass is 484 g/mol. The largest absolute Gasteiger partial charge is 0.465 e. The predicted molar refractivity (Wildman–Crippen MR) is 118 cm³/mol. The number of para-hydroxylation sites is 1. The van der Waals surface area contributed by atoms with Crippen LogP contribution in [-0.2, 0) is 23.9 Å². The molecule has 2 aromatic carbocycles. The number of nitrogens with one attached hydrogen (secondary N) is 2. The first kappa shape index (κ1) is 24.8. The van der Waals surface area contributed by atoms with Crippen molar-refractivity contribution in [1.29, 1.82) is 0 Å². The minimum absolute atomic E-state index is 0.222. The van der Waals surface area contributed by atoms with Crippen LogP contribution in [0.2, 0.25) is 0 Å². The molecule has 0 radical (unpaired) electrons. The van der Waals surface area contributed by atoms with Gasteiger partial charge in [0, 0.05) is 18.2 Å².